The van der Waals surface area contributed by atoms with Gasteiger partial charge in [0.1, 0.15) is 17.5 Å². The summed E-state index contributed by atoms with van der Waals surface area (Å²) in [6.07, 6.45) is -2.43. The van der Waals surface area contributed by atoms with E-state index in [1.165, 1.54) is 6.92 Å². The van der Waals surface area contributed by atoms with Crippen LogP contribution in [0.3, 0.4) is 0 Å². The second-order valence-electron chi connectivity index (χ2n) is 3.46. The fourth-order valence-corrected chi connectivity index (χ4v) is 1.39. The third-order valence-corrected chi connectivity index (χ3v) is 2.20. The normalized spacial score (nSPS) is 14.1. The van der Waals surface area contributed by atoms with Gasteiger partial charge in [0.2, 0.25) is 6.17 Å². The maximum absolute atomic E-state index is 13.5. The molecule has 3 nitrogen and oxygen atoms in total. The zero-order valence-electron chi connectivity index (χ0n) is 9.42. The predicted octanol–water partition coefficient (Wildman–Crippen LogP) is 2.00. The van der Waals surface area contributed by atoms with Crippen LogP contribution in [0.5, 0.6) is 0 Å². The van der Waals surface area contributed by atoms with Crippen LogP contribution in [-0.4, -0.2) is 18.7 Å². The van der Waals surface area contributed by atoms with Crippen LogP contribution in [0.15, 0.2) is 12.1 Å². The molecule has 0 bridgehead atoms. The summed E-state index contributed by atoms with van der Waals surface area (Å²) in [5.74, 6) is -5.19. The second-order valence-corrected chi connectivity index (χ2v) is 3.46. The highest BCUT2D eigenvalue weighted by Crippen LogP contribution is 2.24. The summed E-state index contributed by atoms with van der Waals surface area (Å²) in [6, 6.07) is -1.18. The molecular weight excluding hydrogens is 254 g/mol. The van der Waals surface area contributed by atoms with Gasteiger partial charge in [0.05, 0.1) is 12.6 Å². The molecule has 0 radical (unpaired) electrons. The summed E-state index contributed by atoms with van der Waals surface area (Å²) in [6.45, 7) is 1.34. The smallest absolute Gasteiger partial charge is 0.342 e. The first kappa shape index (κ1) is 14.4. The Morgan fingerprint density at radius 2 is 1.83 bits per heavy atom. The lowest BCUT2D eigenvalue weighted by Gasteiger charge is -2.17. The molecule has 0 aliphatic carbocycles. The SMILES string of the molecule is CCOC(=O)C(F)[C@@H](N)c1c(F)cc(F)cc1F. The van der Waals surface area contributed by atoms with E-state index in [1.807, 2.05) is 0 Å². The molecule has 0 aliphatic rings. The van der Waals surface area contributed by atoms with Crippen LogP contribution >= 0.6 is 0 Å². The maximum Gasteiger partial charge on any atom is 0.342 e. The summed E-state index contributed by atoms with van der Waals surface area (Å²) >= 11 is 0. The average Bonchev–Trinajstić information content (AvgIpc) is 2.26. The number of rotatable bonds is 4. The van der Waals surface area contributed by atoms with Gasteiger partial charge in [0, 0.05) is 17.7 Å². The van der Waals surface area contributed by atoms with Crippen molar-refractivity contribution < 1.29 is 27.1 Å². The number of carbonyl (C=O) groups is 1. The summed E-state index contributed by atoms with van der Waals surface area (Å²) in [5, 5.41) is 0. The third-order valence-electron chi connectivity index (χ3n) is 2.20. The van der Waals surface area contributed by atoms with Crippen LogP contribution in [-0.2, 0) is 9.53 Å². The van der Waals surface area contributed by atoms with Crippen molar-refractivity contribution in [1.82, 2.24) is 0 Å². The molecule has 2 atom stereocenters. The maximum atomic E-state index is 13.5. The largest absolute Gasteiger partial charge is 0.464 e. The van der Waals surface area contributed by atoms with Crippen molar-refractivity contribution in [1.29, 1.82) is 0 Å². The standard InChI is InChI=1S/C11H11F4NO2/c1-2-18-11(17)9(15)10(16)8-6(13)3-5(12)4-7(8)14/h3-4,9-10H,2,16H2,1H3/t9?,10-/m0/s1. The molecule has 1 unspecified atom stereocenters. The lowest BCUT2D eigenvalue weighted by Crippen LogP contribution is -2.33. The van der Waals surface area contributed by atoms with Crippen molar-refractivity contribution in [2.45, 2.75) is 19.1 Å². The highest BCUT2D eigenvalue weighted by molar-refractivity contribution is 5.75. The molecule has 1 aromatic rings. The van der Waals surface area contributed by atoms with Crippen LogP contribution < -0.4 is 5.73 Å². The molecule has 7 heteroatoms. The van der Waals surface area contributed by atoms with Gasteiger partial charge >= 0.3 is 5.97 Å². The first-order valence-corrected chi connectivity index (χ1v) is 5.09. The number of hydrogen-bond donors (Lipinski definition) is 1. The number of esters is 1. The molecule has 0 amide bonds. The van der Waals surface area contributed by atoms with Crippen molar-refractivity contribution in [3.8, 4) is 0 Å². The van der Waals surface area contributed by atoms with Gasteiger partial charge in [-0.2, -0.15) is 0 Å². The Kier molecular flexibility index (Phi) is 4.66. The molecule has 0 saturated heterocycles. The van der Waals surface area contributed by atoms with Gasteiger partial charge < -0.3 is 10.5 Å². The molecule has 0 aliphatic heterocycles. The van der Waals surface area contributed by atoms with E-state index in [0.29, 0.717) is 12.1 Å². The average molecular weight is 265 g/mol. The first-order valence-electron chi connectivity index (χ1n) is 5.09. The van der Waals surface area contributed by atoms with E-state index in [0.717, 1.165) is 0 Å². The van der Waals surface area contributed by atoms with Crippen LogP contribution in [0.25, 0.3) is 0 Å². The van der Waals surface area contributed by atoms with E-state index in [1.54, 1.807) is 0 Å². The summed E-state index contributed by atoms with van der Waals surface area (Å²) in [5.41, 5.74) is 4.35. The third kappa shape index (κ3) is 2.98. The first-order chi connectivity index (χ1) is 8.38. The van der Waals surface area contributed by atoms with E-state index >= 15 is 0 Å². The van der Waals surface area contributed by atoms with Crippen LogP contribution in [0.1, 0.15) is 18.5 Å². The van der Waals surface area contributed by atoms with Gasteiger partial charge in [0.25, 0.3) is 0 Å². The topological polar surface area (TPSA) is 52.3 Å². The van der Waals surface area contributed by atoms with Crippen molar-refractivity contribution in [2.24, 2.45) is 5.73 Å². The molecule has 0 heterocycles. The highest BCUT2D eigenvalue weighted by Gasteiger charge is 2.32. The molecule has 1 aromatic carbocycles. The fraction of sp³-hybridized carbons (Fsp3) is 0.364. The van der Waals surface area contributed by atoms with Crippen molar-refractivity contribution >= 4 is 5.97 Å². The molecule has 0 saturated carbocycles. The van der Waals surface area contributed by atoms with Gasteiger partial charge in [-0.05, 0) is 6.92 Å². The number of nitrogens with two attached hydrogens (primary N) is 1. The van der Waals surface area contributed by atoms with Gasteiger partial charge in [-0.1, -0.05) is 0 Å². The molecule has 100 valence electrons. The monoisotopic (exact) mass is 265 g/mol. The molecular formula is C11H11F4NO2. The minimum Gasteiger partial charge on any atom is -0.464 e. The summed E-state index contributed by atoms with van der Waals surface area (Å²) < 4.78 is 57.1. The number of halogens is 4. The number of hydrogen-bond acceptors (Lipinski definition) is 3. The molecule has 1 rings (SSSR count). The Bertz CT molecular complexity index is 430. The lowest BCUT2D eigenvalue weighted by atomic mass is 10.0. The van der Waals surface area contributed by atoms with Crippen molar-refractivity contribution in [2.75, 3.05) is 6.61 Å². The van der Waals surface area contributed by atoms with Gasteiger partial charge in [-0.3, -0.25) is 0 Å². The second kappa shape index (κ2) is 5.81. The molecule has 0 spiro atoms. The van der Waals surface area contributed by atoms with Crippen molar-refractivity contribution in [3.05, 3.63) is 35.1 Å². The molecule has 0 aromatic heterocycles. The molecule has 0 fully saturated rings. The summed E-state index contributed by atoms with van der Waals surface area (Å²) in [7, 11) is 0. The van der Waals surface area contributed by atoms with E-state index < -0.39 is 41.2 Å². The van der Waals surface area contributed by atoms with E-state index in [9.17, 15) is 22.4 Å². The van der Waals surface area contributed by atoms with E-state index in [2.05, 4.69) is 4.74 Å². The number of ether oxygens (including phenoxy) is 1. The Balaban J connectivity index is 3.03. The Morgan fingerprint density at radius 1 is 1.33 bits per heavy atom. The van der Waals surface area contributed by atoms with Crippen LogP contribution in [0.4, 0.5) is 17.6 Å². The minimum absolute atomic E-state index is 0.0969. The quantitative estimate of drug-likeness (QED) is 0.669. The van der Waals surface area contributed by atoms with Gasteiger partial charge in [-0.25, -0.2) is 22.4 Å². The van der Waals surface area contributed by atoms with Crippen LogP contribution in [0.2, 0.25) is 0 Å². The zero-order valence-corrected chi connectivity index (χ0v) is 9.42. The fourth-order valence-electron chi connectivity index (χ4n) is 1.39. The van der Waals surface area contributed by atoms with E-state index in [4.69, 9.17) is 5.73 Å². The Morgan fingerprint density at radius 3 is 2.28 bits per heavy atom. The predicted molar refractivity (Wildman–Crippen MR) is 54.8 cm³/mol. The number of alkyl halides is 1. The van der Waals surface area contributed by atoms with Crippen LogP contribution in [0, 0.1) is 17.5 Å². The van der Waals surface area contributed by atoms with E-state index in [-0.39, 0.29) is 6.61 Å². The Hall–Kier alpha value is -1.63. The Labute approximate surface area is 101 Å². The van der Waals surface area contributed by atoms with Gasteiger partial charge in [0.15, 0.2) is 0 Å². The highest BCUT2D eigenvalue weighted by atomic mass is 19.2. The zero-order chi connectivity index (χ0) is 13.9. The van der Waals surface area contributed by atoms with Gasteiger partial charge in [-0.15, -0.1) is 0 Å². The van der Waals surface area contributed by atoms with Crippen molar-refractivity contribution in [3.63, 3.8) is 0 Å². The molecule has 2 N–H and O–H groups in total. The molecule has 18 heavy (non-hydrogen) atoms. The lowest BCUT2D eigenvalue weighted by molar-refractivity contribution is -0.150. The number of benzene rings is 1. The number of carbonyl (C=O) groups excluding carboxylic acids is 1. The summed E-state index contributed by atoms with van der Waals surface area (Å²) in [4.78, 5) is 11.1. The minimum atomic E-state index is -2.43.